The number of hydrogen-bond acceptors (Lipinski definition) is 7. The summed E-state index contributed by atoms with van der Waals surface area (Å²) in [6.07, 6.45) is 2.67. The molecule has 1 N–H and O–H groups in total. The van der Waals surface area contributed by atoms with Crippen LogP contribution in [-0.4, -0.2) is 70.7 Å². The number of nitrogens with zero attached hydrogens (tertiary/aromatic N) is 1. The molecule has 1 saturated carbocycles. The molecule has 0 radical (unpaired) electrons. The first-order chi connectivity index (χ1) is 14.3. The average molecular weight is 441 g/mol. The Morgan fingerprint density at radius 3 is 2.43 bits per heavy atom. The Kier molecular flexibility index (Phi) is 6.99. The highest BCUT2D eigenvalue weighted by Gasteiger charge is 2.43. The minimum absolute atomic E-state index is 0.0146. The van der Waals surface area contributed by atoms with Crippen LogP contribution in [-0.2, 0) is 35.5 Å². The molecule has 0 spiro atoms. The molecule has 1 aliphatic heterocycles. The van der Waals surface area contributed by atoms with Gasteiger partial charge in [-0.05, 0) is 30.5 Å². The van der Waals surface area contributed by atoms with E-state index in [9.17, 15) is 18.0 Å². The van der Waals surface area contributed by atoms with Gasteiger partial charge in [0.25, 0.3) is 0 Å². The molecule has 0 bridgehead atoms. The van der Waals surface area contributed by atoms with E-state index in [1.54, 1.807) is 12.1 Å². The zero-order valence-electron chi connectivity index (χ0n) is 17.3. The maximum atomic E-state index is 13.1. The third kappa shape index (κ3) is 4.60. The van der Waals surface area contributed by atoms with E-state index in [2.05, 4.69) is 5.32 Å². The largest absolute Gasteiger partial charge is 0.495 e. The summed E-state index contributed by atoms with van der Waals surface area (Å²) in [5.41, 5.74) is -0.487. The number of carbonyl (C=O) groups excluding carboxylic acids is 2. The fraction of sp³-hybridized carbons (Fsp3) is 0.600. The Balaban J connectivity index is 1.81. The first-order valence-electron chi connectivity index (χ1n) is 9.97. The molecule has 1 heterocycles. The van der Waals surface area contributed by atoms with Crippen molar-refractivity contribution in [3.05, 3.63) is 23.8 Å². The van der Waals surface area contributed by atoms with Gasteiger partial charge >= 0.3 is 5.97 Å². The smallest absolute Gasteiger partial charge is 0.331 e. The summed E-state index contributed by atoms with van der Waals surface area (Å²) >= 11 is 0. The van der Waals surface area contributed by atoms with Crippen LogP contribution in [0.5, 0.6) is 5.75 Å². The number of methoxy groups -OCH3 is 2. The van der Waals surface area contributed by atoms with Gasteiger partial charge in [-0.3, -0.25) is 4.79 Å². The van der Waals surface area contributed by atoms with E-state index in [-0.39, 0.29) is 36.1 Å². The van der Waals surface area contributed by atoms with Crippen LogP contribution in [0, 0.1) is 0 Å². The van der Waals surface area contributed by atoms with Gasteiger partial charge in [-0.25, -0.2) is 13.2 Å². The topological polar surface area (TPSA) is 111 Å². The van der Waals surface area contributed by atoms with E-state index in [0.29, 0.717) is 31.6 Å². The van der Waals surface area contributed by atoms with Crippen LogP contribution in [0.3, 0.4) is 0 Å². The van der Waals surface area contributed by atoms with Crippen LogP contribution in [0.1, 0.15) is 31.2 Å². The second kappa shape index (κ2) is 9.32. The minimum Gasteiger partial charge on any atom is -0.495 e. The van der Waals surface area contributed by atoms with Crippen molar-refractivity contribution in [3.63, 3.8) is 0 Å². The number of rotatable bonds is 7. The Morgan fingerprint density at radius 2 is 1.83 bits per heavy atom. The van der Waals surface area contributed by atoms with E-state index in [0.717, 1.165) is 12.8 Å². The molecule has 1 amide bonds. The van der Waals surface area contributed by atoms with Crippen molar-refractivity contribution in [2.24, 2.45) is 0 Å². The van der Waals surface area contributed by atoms with Crippen molar-refractivity contribution < 1.29 is 32.2 Å². The molecule has 1 saturated heterocycles. The van der Waals surface area contributed by atoms with Crippen molar-refractivity contribution in [2.75, 3.05) is 40.5 Å². The average Bonchev–Trinajstić information content (AvgIpc) is 3.23. The molecule has 3 rings (SSSR count). The van der Waals surface area contributed by atoms with Gasteiger partial charge in [-0.1, -0.05) is 18.9 Å². The highest BCUT2D eigenvalue weighted by atomic mass is 32.2. The zero-order valence-corrected chi connectivity index (χ0v) is 18.1. The second-order valence-corrected chi connectivity index (χ2v) is 9.41. The van der Waals surface area contributed by atoms with Crippen molar-refractivity contribution in [3.8, 4) is 5.75 Å². The summed E-state index contributed by atoms with van der Waals surface area (Å²) in [5, 5.41) is 2.82. The summed E-state index contributed by atoms with van der Waals surface area (Å²) in [7, 11) is -1.08. The predicted octanol–water partition coefficient (Wildman–Crippen LogP) is 0.861. The number of esters is 1. The minimum atomic E-state index is -3.79. The van der Waals surface area contributed by atoms with Gasteiger partial charge in [0.1, 0.15) is 16.2 Å². The van der Waals surface area contributed by atoms with Gasteiger partial charge in [0.05, 0.1) is 33.9 Å². The highest BCUT2D eigenvalue weighted by molar-refractivity contribution is 7.89. The van der Waals surface area contributed by atoms with E-state index < -0.39 is 21.5 Å². The van der Waals surface area contributed by atoms with Gasteiger partial charge in [0.2, 0.25) is 15.9 Å². The fourth-order valence-corrected chi connectivity index (χ4v) is 5.62. The third-order valence-corrected chi connectivity index (χ3v) is 7.51. The third-order valence-electron chi connectivity index (χ3n) is 5.59. The molecule has 1 aromatic carbocycles. The van der Waals surface area contributed by atoms with E-state index in [1.165, 1.54) is 24.6 Å². The Morgan fingerprint density at radius 1 is 1.17 bits per heavy atom. The Bertz CT molecular complexity index is 888. The van der Waals surface area contributed by atoms with Crippen LogP contribution in [0.25, 0.3) is 0 Å². The monoisotopic (exact) mass is 440 g/mol. The quantitative estimate of drug-likeness (QED) is 0.626. The van der Waals surface area contributed by atoms with Crippen molar-refractivity contribution >= 4 is 21.9 Å². The van der Waals surface area contributed by atoms with Crippen molar-refractivity contribution in [1.82, 2.24) is 9.62 Å². The summed E-state index contributed by atoms with van der Waals surface area (Å²) < 4.78 is 42.9. The Labute approximate surface area is 176 Å². The molecular formula is C20H28N2O7S. The molecule has 0 unspecified atom stereocenters. The molecule has 10 heteroatoms. The molecule has 0 aromatic heterocycles. The number of amides is 1. The SMILES string of the molecule is COC(=O)C1(NC(=O)Cc2ccc(OC)c(S(=O)(=O)N3CCOCC3)c2)CCCC1. The van der Waals surface area contributed by atoms with Crippen LogP contribution < -0.4 is 10.1 Å². The molecule has 30 heavy (non-hydrogen) atoms. The van der Waals surface area contributed by atoms with Crippen LogP contribution in [0.4, 0.5) is 0 Å². The maximum Gasteiger partial charge on any atom is 0.331 e. The van der Waals surface area contributed by atoms with Crippen molar-refractivity contribution in [1.29, 1.82) is 0 Å². The molecular weight excluding hydrogens is 412 g/mol. The van der Waals surface area contributed by atoms with Crippen LogP contribution in [0.2, 0.25) is 0 Å². The summed E-state index contributed by atoms with van der Waals surface area (Å²) in [4.78, 5) is 24.9. The lowest BCUT2D eigenvalue weighted by Crippen LogP contribution is -2.53. The lowest BCUT2D eigenvalue weighted by atomic mass is 9.97. The molecule has 0 atom stereocenters. The number of ether oxygens (including phenoxy) is 3. The lowest BCUT2D eigenvalue weighted by Gasteiger charge is -2.27. The molecule has 166 valence electrons. The van der Waals surface area contributed by atoms with Gasteiger partial charge in [0, 0.05) is 13.1 Å². The predicted molar refractivity (Wildman–Crippen MR) is 108 cm³/mol. The Hall–Kier alpha value is -2.17. The zero-order chi connectivity index (χ0) is 21.8. The summed E-state index contributed by atoms with van der Waals surface area (Å²) in [6, 6.07) is 4.65. The second-order valence-electron chi connectivity index (χ2n) is 7.51. The van der Waals surface area contributed by atoms with Gasteiger partial charge in [0.15, 0.2) is 0 Å². The van der Waals surface area contributed by atoms with E-state index in [4.69, 9.17) is 14.2 Å². The summed E-state index contributed by atoms with van der Waals surface area (Å²) in [6.45, 7) is 1.19. The molecule has 1 aliphatic carbocycles. The van der Waals surface area contributed by atoms with Crippen LogP contribution >= 0.6 is 0 Å². The first kappa shape index (κ1) is 22.5. The molecule has 2 fully saturated rings. The number of morpholine rings is 1. The van der Waals surface area contributed by atoms with Gasteiger partial charge < -0.3 is 19.5 Å². The standard InChI is InChI=1S/C20H28N2O7S/c1-27-16-6-5-15(13-17(16)30(25,26)22-9-11-29-12-10-22)14-18(23)21-20(19(24)28-2)7-3-4-8-20/h5-6,13H,3-4,7-12,14H2,1-2H3,(H,21,23). The van der Waals surface area contributed by atoms with Crippen molar-refractivity contribution in [2.45, 2.75) is 42.5 Å². The lowest BCUT2D eigenvalue weighted by molar-refractivity contribution is -0.150. The first-order valence-corrected chi connectivity index (χ1v) is 11.4. The number of sulfonamides is 1. The fourth-order valence-electron chi connectivity index (χ4n) is 4.01. The van der Waals surface area contributed by atoms with Crippen LogP contribution in [0.15, 0.2) is 23.1 Å². The molecule has 9 nitrogen and oxygen atoms in total. The highest BCUT2D eigenvalue weighted by Crippen LogP contribution is 2.32. The van der Waals surface area contributed by atoms with Gasteiger partial charge in [-0.2, -0.15) is 4.31 Å². The van der Waals surface area contributed by atoms with E-state index >= 15 is 0 Å². The molecule has 2 aliphatic rings. The number of hydrogen-bond donors (Lipinski definition) is 1. The van der Waals surface area contributed by atoms with E-state index in [1.807, 2.05) is 0 Å². The normalized spacial score (nSPS) is 19.3. The molecule has 1 aromatic rings. The number of carbonyl (C=O) groups is 2. The number of benzene rings is 1. The summed E-state index contributed by atoms with van der Waals surface area (Å²) in [5.74, 6) is -0.590. The maximum absolute atomic E-state index is 13.1. The number of nitrogens with one attached hydrogen (secondary N) is 1. The van der Waals surface area contributed by atoms with Gasteiger partial charge in [-0.15, -0.1) is 0 Å².